The molecule has 0 atom stereocenters. The lowest BCUT2D eigenvalue weighted by atomic mass is 10.1. The molecule has 0 aliphatic carbocycles. The zero-order chi connectivity index (χ0) is 18.1. The SMILES string of the molecule is CCCN1C(=O)C(Nc2cccc3ccccc23)=C(c2cccs2)C1=O. The first-order valence-electron chi connectivity index (χ1n) is 8.60. The topological polar surface area (TPSA) is 49.4 Å². The molecule has 1 aromatic heterocycles. The fraction of sp³-hybridized carbons (Fsp3) is 0.143. The number of nitrogens with zero attached hydrogens (tertiary/aromatic N) is 1. The van der Waals surface area contributed by atoms with E-state index in [0.29, 0.717) is 17.8 Å². The molecule has 4 rings (SSSR count). The minimum absolute atomic E-state index is 0.220. The van der Waals surface area contributed by atoms with Crippen molar-refractivity contribution < 1.29 is 9.59 Å². The van der Waals surface area contributed by atoms with Gasteiger partial charge in [0.25, 0.3) is 11.8 Å². The van der Waals surface area contributed by atoms with Crippen LogP contribution >= 0.6 is 11.3 Å². The summed E-state index contributed by atoms with van der Waals surface area (Å²) in [5.41, 5.74) is 1.65. The smallest absolute Gasteiger partial charge is 0.278 e. The Morgan fingerprint density at radius 3 is 2.54 bits per heavy atom. The van der Waals surface area contributed by atoms with E-state index in [0.717, 1.165) is 27.8 Å². The maximum Gasteiger partial charge on any atom is 0.278 e. The first-order chi connectivity index (χ1) is 12.7. The molecule has 5 heteroatoms. The molecule has 26 heavy (non-hydrogen) atoms. The van der Waals surface area contributed by atoms with Gasteiger partial charge in [-0.3, -0.25) is 14.5 Å². The van der Waals surface area contributed by atoms with Crippen molar-refractivity contribution in [2.75, 3.05) is 11.9 Å². The number of benzene rings is 2. The van der Waals surface area contributed by atoms with Crippen molar-refractivity contribution in [3.8, 4) is 0 Å². The lowest BCUT2D eigenvalue weighted by molar-refractivity contribution is -0.136. The Bertz CT molecular complexity index is 1020. The van der Waals surface area contributed by atoms with E-state index in [1.807, 2.05) is 66.9 Å². The Hall–Kier alpha value is -2.92. The van der Waals surface area contributed by atoms with Crippen LogP contribution in [0.4, 0.5) is 5.69 Å². The molecule has 0 spiro atoms. The van der Waals surface area contributed by atoms with Crippen molar-refractivity contribution in [1.29, 1.82) is 0 Å². The number of nitrogens with one attached hydrogen (secondary N) is 1. The van der Waals surface area contributed by atoms with Crippen molar-refractivity contribution in [2.24, 2.45) is 0 Å². The maximum atomic E-state index is 12.9. The molecule has 0 unspecified atom stereocenters. The summed E-state index contributed by atoms with van der Waals surface area (Å²) in [7, 11) is 0. The van der Waals surface area contributed by atoms with Gasteiger partial charge in [0.15, 0.2) is 0 Å². The Morgan fingerprint density at radius 2 is 1.77 bits per heavy atom. The number of rotatable bonds is 5. The molecule has 1 aliphatic heterocycles. The molecule has 4 nitrogen and oxygen atoms in total. The van der Waals surface area contributed by atoms with E-state index < -0.39 is 0 Å². The molecule has 1 aliphatic rings. The molecule has 2 heterocycles. The molecule has 0 saturated carbocycles. The number of anilines is 1. The van der Waals surface area contributed by atoms with Crippen molar-refractivity contribution in [3.63, 3.8) is 0 Å². The number of imide groups is 1. The van der Waals surface area contributed by atoms with Gasteiger partial charge in [0.1, 0.15) is 5.70 Å². The van der Waals surface area contributed by atoms with Crippen molar-refractivity contribution in [3.05, 3.63) is 70.6 Å². The molecule has 0 bridgehead atoms. The molecular weight excluding hydrogens is 344 g/mol. The minimum Gasteiger partial charge on any atom is -0.350 e. The van der Waals surface area contributed by atoms with Gasteiger partial charge in [0.2, 0.25) is 0 Å². The Kier molecular flexibility index (Phi) is 4.31. The van der Waals surface area contributed by atoms with Gasteiger partial charge in [-0.1, -0.05) is 49.4 Å². The Balaban J connectivity index is 1.83. The van der Waals surface area contributed by atoms with E-state index in [1.165, 1.54) is 16.2 Å². The largest absolute Gasteiger partial charge is 0.350 e. The van der Waals surface area contributed by atoms with Crippen LogP contribution in [0.15, 0.2) is 65.7 Å². The van der Waals surface area contributed by atoms with Gasteiger partial charge in [0, 0.05) is 22.5 Å². The minimum atomic E-state index is -0.256. The lowest BCUT2D eigenvalue weighted by Crippen LogP contribution is -2.33. The molecule has 130 valence electrons. The van der Waals surface area contributed by atoms with Gasteiger partial charge in [-0.05, 0) is 29.3 Å². The highest BCUT2D eigenvalue weighted by Crippen LogP contribution is 2.34. The average molecular weight is 362 g/mol. The van der Waals surface area contributed by atoms with Crippen LogP contribution < -0.4 is 5.32 Å². The number of amides is 2. The number of carbonyl (C=O) groups excluding carboxylic acids is 2. The highest BCUT2D eigenvalue weighted by molar-refractivity contribution is 7.11. The third-order valence-electron chi connectivity index (χ3n) is 4.43. The fourth-order valence-corrected chi connectivity index (χ4v) is 4.01. The predicted molar refractivity (Wildman–Crippen MR) is 106 cm³/mol. The summed E-state index contributed by atoms with van der Waals surface area (Å²) in [5.74, 6) is -0.477. The predicted octanol–water partition coefficient (Wildman–Crippen LogP) is 4.50. The summed E-state index contributed by atoms with van der Waals surface area (Å²) in [5, 5.41) is 7.28. The van der Waals surface area contributed by atoms with Gasteiger partial charge in [0.05, 0.1) is 5.57 Å². The second-order valence-electron chi connectivity index (χ2n) is 6.14. The zero-order valence-corrected chi connectivity index (χ0v) is 15.2. The number of fused-ring (bicyclic) bond motifs is 1. The zero-order valence-electron chi connectivity index (χ0n) is 14.4. The molecule has 2 aromatic carbocycles. The molecule has 0 fully saturated rings. The first-order valence-corrected chi connectivity index (χ1v) is 9.47. The summed E-state index contributed by atoms with van der Waals surface area (Å²) in [6.45, 7) is 2.38. The van der Waals surface area contributed by atoms with Crippen LogP contribution in [-0.4, -0.2) is 23.3 Å². The van der Waals surface area contributed by atoms with Crippen LogP contribution in [0.1, 0.15) is 18.2 Å². The molecule has 3 aromatic rings. The van der Waals surface area contributed by atoms with Gasteiger partial charge >= 0.3 is 0 Å². The van der Waals surface area contributed by atoms with Crippen LogP contribution in [0.5, 0.6) is 0 Å². The normalized spacial score (nSPS) is 14.6. The molecular formula is C21H18N2O2S. The summed E-state index contributed by atoms with van der Waals surface area (Å²) < 4.78 is 0. The maximum absolute atomic E-state index is 12.9. The van der Waals surface area contributed by atoms with Crippen molar-refractivity contribution >= 4 is 45.2 Å². The number of hydrogen-bond donors (Lipinski definition) is 1. The van der Waals surface area contributed by atoms with Crippen LogP contribution in [0.25, 0.3) is 16.3 Å². The third kappa shape index (κ3) is 2.70. The lowest BCUT2D eigenvalue weighted by Gasteiger charge is -2.14. The number of carbonyl (C=O) groups is 2. The monoisotopic (exact) mass is 362 g/mol. The van der Waals surface area contributed by atoms with Gasteiger partial charge in [-0.25, -0.2) is 0 Å². The van der Waals surface area contributed by atoms with Gasteiger partial charge in [-0.15, -0.1) is 11.3 Å². The summed E-state index contributed by atoms with van der Waals surface area (Å²) in [4.78, 5) is 28.0. The van der Waals surface area contributed by atoms with Gasteiger partial charge < -0.3 is 5.32 Å². The highest BCUT2D eigenvalue weighted by Gasteiger charge is 2.39. The molecule has 1 N–H and O–H groups in total. The fourth-order valence-electron chi connectivity index (χ4n) is 3.24. The second-order valence-corrected chi connectivity index (χ2v) is 7.09. The van der Waals surface area contributed by atoms with E-state index in [1.54, 1.807) is 0 Å². The second kappa shape index (κ2) is 6.77. The van der Waals surface area contributed by atoms with E-state index in [-0.39, 0.29) is 11.8 Å². The summed E-state index contributed by atoms with van der Waals surface area (Å²) in [6, 6.07) is 17.7. The Labute approximate surface area is 155 Å². The van der Waals surface area contributed by atoms with Gasteiger partial charge in [-0.2, -0.15) is 0 Å². The van der Waals surface area contributed by atoms with Crippen LogP contribution in [-0.2, 0) is 9.59 Å². The highest BCUT2D eigenvalue weighted by atomic mass is 32.1. The van der Waals surface area contributed by atoms with E-state index in [4.69, 9.17) is 0 Å². The summed E-state index contributed by atoms with van der Waals surface area (Å²) in [6.07, 6.45) is 0.733. The summed E-state index contributed by atoms with van der Waals surface area (Å²) >= 11 is 1.47. The van der Waals surface area contributed by atoms with Crippen LogP contribution in [0, 0.1) is 0 Å². The standard InChI is InChI=1S/C21H18N2O2S/c1-2-12-23-20(24)18(17-11-6-13-26-17)19(21(23)25)22-16-10-5-8-14-7-3-4-9-15(14)16/h3-11,13,22H,2,12H2,1H3. The molecule has 2 amide bonds. The third-order valence-corrected chi connectivity index (χ3v) is 5.32. The average Bonchev–Trinajstić information content (AvgIpc) is 3.25. The van der Waals surface area contributed by atoms with E-state index in [2.05, 4.69) is 5.32 Å². The number of hydrogen-bond acceptors (Lipinski definition) is 4. The van der Waals surface area contributed by atoms with Crippen molar-refractivity contribution in [1.82, 2.24) is 4.90 Å². The molecule has 0 radical (unpaired) electrons. The number of thiophene rings is 1. The molecule has 0 saturated heterocycles. The van der Waals surface area contributed by atoms with Crippen LogP contribution in [0.3, 0.4) is 0 Å². The Morgan fingerprint density at radius 1 is 0.962 bits per heavy atom. The quantitative estimate of drug-likeness (QED) is 0.680. The van der Waals surface area contributed by atoms with E-state index in [9.17, 15) is 9.59 Å². The van der Waals surface area contributed by atoms with Crippen molar-refractivity contribution in [2.45, 2.75) is 13.3 Å². The van der Waals surface area contributed by atoms with Crippen LogP contribution in [0.2, 0.25) is 0 Å². The first kappa shape index (κ1) is 16.5. The van der Waals surface area contributed by atoms with E-state index >= 15 is 0 Å².